The van der Waals surface area contributed by atoms with E-state index in [9.17, 15) is 14.4 Å². The fourth-order valence-corrected chi connectivity index (χ4v) is 8.53. The molecule has 9 nitrogen and oxygen atoms in total. The Morgan fingerprint density at radius 2 is 1.52 bits per heavy atom. The van der Waals surface area contributed by atoms with Gasteiger partial charge in [-0.2, -0.15) is 0 Å². The van der Waals surface area contributed by atoms with E-state index >= 15 is 8.78 Å². The molecule has 11 heteroatoms. The van der Waals surface area contributed by atoms with Crippen molar-refractivity contribution >= 4 is 28.5 Å². The SMILES string of the molecule is Cn1c(=O)n(C2CCC(=O)NC2=O)c2ccc(N3CCC(C4CCN(C5CCN(Cc6ccccc6)CC5(F)F)CC4)CC3)cc21. The van der Waals surface area contributed by atoms with Crippen molar-refractivity contribution in [1.29, 1.82) is 0 Å². The van der Waals surface area contributed by atoms with Gasteiger partial charge in [0.05, 0.1) is 23.6 Å². The van der Waals surface area contributed by atoms with Crippen LogP contribution in [0.1, 0.15) is 56.6 Å². The number of alkyl halides is 2. The van der Waals surface area contributed by atoms with Crippen LogP contribution in [0.25, 0.3) is 11.0 Å². The van der Waals surface area contributed by atoms with E-state index in [4.69, 9.17) is 0 Å². The number of rotatable bonds is 6. The Hall–Kier alpha value is -3.57. The molecule has 2 unspecified atom stereocenters. The van der Waals surface area contributed by atoms with Gasteiger partial charge >= 0.3 is 5.69 Å². The smallest absolute Gasteiger partial charge is 0.329 e. The zero-order chi connectivity index (χ0) is 32.0. The van der Waals surface area contributed by atoms with Gasteiger partial charge in [-0.3, -0.25) is 33.8 Å². The molecule has 3 aromatic rings. The van der Waals surface area contributed by atoms with Crippen LogP contribution in [0.5, 0.6) is 0 Å². The maximum Gasteiger partial charge on any atom is 0.329 e. The van der Waals surface area contributed by atoms with E-state index in [-0.39, 0.29) is 24.6 Å². The summed E-state index contributed by atoms with van der Waals surface area (Å²) in [5, 5.41) is 2.36. The van der Waals surface area contributed by atoms with Crippen LogP contribution in [-0.2, 0) is 23.2 Å². The van der Waals surface area contributed by atoms with E-state index < -0.39 is 23.9 Å². The van der Waals surface area contributed by atoms with Gasteiger partial charge in [0.2, 0.25) is 11.8 Å². The highest BCUT2D eigenvalue weighted by Gasteiger charge is 2.48. The average Bonchev–Trinajstić information content (AvgIpc) is 3.30. The molecule has 4 aliphatic rings. The van der Waals surface area contributed by atoms with Gasteiger partial charge in [-0.1, -0.05) is 30.3 Å². The average molecular weight is 635 g/mol. The summed E-state index contributed by atoms with van der Waals surface area (Å²) in [5.41, 5.74) is 3.34. The number of carbonyl (C=O) groups is 2. The monoisotopic (exact) mass is 634 g/mol. The lowest BCUT2D eigenvalue weighted by atomic mass is 9.78. The van der Waals surface area contributed by atoms with Gasteiger partial charge in [0.15, 0.2) is 0 Å². The van der Waals surface area contributed by atoms with Gasteiger partial charge in [-0.05, 0) is 87.2 Å². The normalized spacial score (nSPS) is 25.7. The second-order valence-electron chi connectivity index (χ2n) is 13.8. The highest BCUT2D eigenvalue weighted by atomic mass is 19.3. The number of halogens is 2. The number of amides is 2. The van der Waals surface area contributed by atoms with E-state index in [1.165, 1.54) is 4.57 Å². The van der Waals surface area contributed by atoms with Crippen molar-refractivity contribution in [2.75, 3.05) is 44.2 Å². The van der Waals surface area contributed by atoms with Gasteiger partial charge < -0.3 is 4.90 Å². The number of hydrogen-bond acceptors (Lipinski definition) is 6. The molecule has 4 aliphatic heterocycles. The van der Waals surface area contributed by atoms with Crippen molar-refractivity contribution < 1.29 is 18.4 Å². The number of carbonyl (C=O) groups excluding carboxylic acids is 2. The predicted molar refractivity (Wildman–Crippen MR) is 173 cm³/mol. The van der Waals surface area contributed by atoms with Gasteiger partial charge in [0.1, 0.15) is 6.04 Å². The summed E-state index contributed by atoms with van der Waals surface area (Å²) in [7, 11) is 1.72. The van der Waals surface area contributed by atoms with E-state index in [1.54, 1.807) is 11.6 Å². The molecule has 0 spiro atoms. The number of benzene rings is 2. The van der Waals surface area contributed by atoms with Gasteiger partial charge in [-0.25, -0.2) is 13.6 Å². The van der Waals surface area contributed by atoms with Crippen LogP contribution in [0.2, 0.25) is 0 Å². The fourth-order valence-electron chi connectivity index (χ4n) is 8.53. The molecule has 246 valence electrons. The molecule has 1 N–H and O–H groups in total. The fraction of sp³-hybridized carbons (Fsp3) is 0.571. The summed E-state index contributed by atoms with van der Waals surface area (Å²) in [6.07, 6.45) is 5.12. The van der Waals surface area contributed by atoms with Crippen LogP contribution in [0.15, 0.2) is 53.3 Å². The second-order valence-corrected chi connectivity index (χ2v) is 13.8. The number of aromatic nitrogens is 2. The van der Waals surface area contributed by atoms with Crippen LogP contribution < -0.4 is 15.9 Å². The first-order valence-corrected chi connectivity index (χ1v) is 16.9. The predicted octanol–water partition coefficient (Wildman–Crippen LogP) is 4.16. The second kappa shape index (κ2) is 12.6. The van der Waals surface area contributed by atoms with E-state index in [2.05, 4.69) is 15.1 Å². The molecule has 0 aliphatic carbocycles. The lowest BCUT2D eigenvalue weighted by Crippen LogP contribution is -2.59. The minimum absolute atomic E-state index is 0.174. The molecule has 0 saturated carbocycles. The molecule has 2 amide bonds. The molecule has 0 bridgehead atoms. The quantitative estimate of drug-likeness (QED) is 0.411. The molecule has 2 aromatic carbocycles. The molecule has 7 rings (SSSR count). The summed E-state index contributed by atoms with van der Waals surface area (Å²) < 4.78 is 33.9. The molecule has 2 atom stereocenters. The maximum atomic E-state index is 15.4. The summed E-state index contributed by atoms with van der Waals surface area (Å²) in [6, 6.07) is 14.5. The Morgan fingerprint density at radius 3 is 2.20 bits per heavy atom. The Labute approximate surface area is 268 Å². The molecule has 4 saturated heterocycles. The highest BCUT2D eigenvalue weighted by molar-refractivity contribution is 6.00. The minimum Gasteiger partial charge on any atom is -0.371 e. The van der Waals surface area contributed by atoms with Crippen molar-refractivity contribution in [1.82, 2.24) is 24.3 Å². The zero-order valence-electron chi connectivity index (χ0n) is 26.5. The largest absolute Gasteiger partial charge is 0.371 e. The maximum absolute atomic E-state index is 15.4. The number of imidazole rings is 1. The number of anilines is 1. The van der Waals surface area contributed by atoms with Gasteiger partial charge in [0.25, 0.3) is 5.92 Å². The topological polar surface area (TPSA) is 82.8 Å². The Morgan fingerprint density at radius 1 is 0.826 bits per heavy atom. The van der Waals surface area contributed by atoms with Crippen molar-refractivity contribution in [3.63, 3.8) is 0 Å². The first-order valence-electron chi connectivity index (χ1n) is 16.9. The Kier molecular flexibility index (Phi) is 8.48. The number of fused-ring (bicyclic) bond motifs is 1. The van der Waals surface area contributed by atoms with E-state index in [0.29, 0.717) is 43.3 Å². The Balaban J connectivity index is 0.932. The molecular formula is C35H44F2N6O3. The molecular weight excluding hydrogens is 590 g/mol. The number of piperidine rings is 4. The first kappa shape index (κ1) is 31.1. The van der Waals surface area contributed by atoms with E-state index in [1.807, 2.05) is 53.4 Å². The van der Waals surface area contributed by atoms with Crippen LogP contribution in [-0.4, -0.2) is 82.0 Å². The molecule has 46 heavy (non-hydrogen) atoms. The first-order chi connectivity index (χ1) is 22.2. The standard InChI is InChI=1S/C35H44F2N6O3/c1-39-30-21-27(7-8-28(30)43(34(39)46)29-9-10-32(44)38-33(29)45)41-17-11-25(12-18-41)26-13-19-42(20-14-26)31-15-16-40(23-35(31,36)37)22-24-5-3-2-4-6-24/h2-8,21,25-26,29,31H,9-20,22-23H2,1H3,(H,38,44,45). The molecule has 4 fully saturated rings. The third kappa shape index (κ3) is 5.99. The third-order valence-electron chi connectivity index (χ3n) is 11.1. The molecule has 1 aromatic heterocycles. The van der Waals surface area contributed by atoms with Crippen molar-refractivity contribution in [3.05, 3.63) is 64.6 Å². The number of nitrogens with one attached hydrogen (secondary N) is 1. The number of likely N-dealkylation sites (tertiary alicyclic amines) is 2. The van der Waals surface area contributed by atoms with Crippen LogP contribution in [0.4, 0.5) is 14.5 Å². The van der Waals surface area contributed by atoms with Crippen molar-refractivity contribution in [2.45, 2.75) is 69.5 Å². The summed E-state index contributed by atoms with van der Waals surface area (Å²) in [5.74, 6) is -2.29. The van der Waals surface area contributed by atoms with Gasteiger partial charge in [0, 0.05) is 45.3 Å². The molecule has 0 radical (unpaired) electrons. The lowest BCUT2D eigenvalue weighted by molar-refractivity contribution is -0.136. The minimum atomic E-state index is -2.71. The summed E-state index contributed by atoms with van der Waals surface area (Å²) in [6.45, 7) is 4.43. The van der Waals surface area contributed by atoms with Gasteiger partial charge in [-0.15, -0.1) is 0 Å². The van der Waals surface area contributed by atoms with Crippen molar-refractivity contribution in [3.8, 4) is 0 Å². The third-order valence-corrected chi connectivity index (χ3v) is 11.1. The number of aryl methyl sites for hydroxylation is 1. The van der Waals surface area contributed by atoms with Crippen LogP contribution >= 0.6 is 0 Å². The van der Waals surface area contributed by atoms with Crippen molar-refractivity contribution in [2.24, 2.45) is 18.9 Å². The Bertz CT molecular complexity index is 1640. The highest BCUT2D eigenvalue weighted by Crippen LogP contribution is 2.38. The number of nitrogens with zero attached hydrogens (tertiary/aromatic N) is 5. The summed E-state index contributed by atoms with van der Waals surface area (Å²) >= 11 is 0. The summed E-state index contributed by atoms with van der Waals surface area (Å²) in [4.78, 5) is 43.7. The molecule has 5 heterocycles. The van der Waals surface area contributed by atoms with Crippen LogP contribution in [0, 0.1) is 11.8 Å². The van der Waals surface area contributed by atoms with E-state index in [0.717, 1.165) is 68.6 Å². The number of imide groups is 1. The van der Waals surface area contributed by atoms with Crippen LogP contribution in [0.3, 0.4) is 0 Å². The zero-order valence-corrected chi connectivity index (χ0v) is 26.5. The number of hydrogen-bond donors (Lipinski definition) is 1. The lowest BCUT2D eigenvalue weighted by Gasteiger charge is -2.47.